The molecule has 1 saturated carbocycles. The van der Waals surface area contributed by atoms with E-state index in [4.69, 9.17) is 5.10 Å². The second-order valence-corrected chi connectivity index (χ2v) is 8.44. The zero-order valence-electron chi connectivity index (χ0n) is 16.8. The summed E-state index contributed by atoms with van der Waals surface area (Å²) in [4.78, 5) is 14.6. The smallest absolute Gasteiger partial charge is 0.223 e. The highest BCUT2D eigenvalue weighted by Crippen LogP contribution is 2.26. The molecule has 5 nitrogen and oxygen atoms in total. The number of benzene rings is 2. The first-order valence-electron chi connectivity index (χ1n) is 10.8. The lowest BCUT2D eigenvalue weighted by atomic mass is 9.85. The molecule has 150 valence electrons. The molecule has 5 rings (SSSR count). The van der Waals surface area contributed by atoms with Crippen LogP contribution in [-0.4, -0.2) is 27.1 Å². The molecule has 3 aromatic rings. The molecular weight excluding hydrogens is 360 g/mol. The lowest BCUT2D eigenvalue weighted by Gasteiger charge is -2.23. The predicted octanol–water partition coefficient (Wildman–Crippen LogP) is 3.86. The van der Waals surface area contributed by atoms with Crippen molar-refractivity contribution in [3.8, 4) is 0 Å². The number of amides is 1. The molecule has 0 spiro atoms. The van der Waals surface area contributed by atoms with Crippen molar-refractivity contribution in [3.63, 3.8) is 0 Å². The number of carbonyl (C=O) groups is 1. The largest absolute Gasteiger partial charge is 0.350 e. The number of hydrogen-bond acceptors (Lipinski definition) is 3. The molecule has 2 heterocycles. The molecule has 29 heavy (non-hydrogen) atoms. The van der Waals surface area contributed by atoms with E-state index in [1.165, 1.54) is 28.5 Å². The summed E-state index contributed by atoms with van der Waals surface area (Å²) in [5, 5.41) is 10.4. The Bertz CT molecular complexity index is 1020. The Morgan fingerprint density at radius 1 is 1.03 bits per heavy atom. The Hall–Kier alpha value is -2.66. The van der Waals surface area contributed by atoms with E-state index in [1.807, 2.05) is 0 Å². The molecule has 5 heteroatoms. The van der Waals surface area contributed by atoms with Gasteiger partial charge in [-0.25, -0.2) is 0 Å². The number of hydrogen-bond donors (Lipinski definition) is 1. The quantitative estimate of drug-likeness (QED) is 0.722. The van der Waals surface area contributed by atoms with Gasteiger partial charge in [0.1, 0.15) is 0 Å². The molecular formula is C24H28N4O. The van der Waals surface area contributed by atoms with Gasteiger partial charge in [-0.15, -0.1) is 0 Å². The van der Waals surface area contributed by atoms with Crippen LogP contribution in [0.4, 0.5) is 0 Å². The minimum Gasteiger partial charge on any atom is -0.350 e. The number of aromatic nitrogens is 2. The molecule has 1 aliphatic carbocycles. The fourth-order valence-corrected chi connectivity index (χ4v) is 4.40. The van der Waals surface area contributed by atoms with Crippen molar-refractivity contribution < 1.29 is 4.79 Å². The fourth-order valence-electron chi connectivity index (χ4n) is 4.40. The van der Waals surface area contributed by atoms with E-state index in [2.05, 4.69) is 63.4 Å². The van der Waals surface area contributed by atoms with Crippen molar-refractivity contribution in [2.75, 3.05) is 6.54 Å². The number of rotatable bonds is 5. The number of nitrogens with zero attached hydrogens (tertiary/aromatic N) is 3. The Labute approximate surface area is 171 Å². The third-order valence-electron chi connectivity index (χ3n) is 6.28. The predicted molar refractivity (Wildman–Crippen MR) is 114 cm³/mol. The SMILES string of the molecule is O=C(NCc1cc2n(n1)CCCN(Cc1ccc3ccccc3c1)C2)C1CCC1. The van der Waals surface area contributed by atoms with Crippen LogP contribution in [0.25, 0.3) is 10.8 Å². The third kappa shape index (κ3) is 4.06. The molecule has 2 aliphatic rings. The maximum atomic E-state index is 12.1. The lowest BCUT2D eigenvalue weighted by molar-refractivity contribution is -0.127. The van der Waals surface area contributed by atoms with E-state index in [9.17, 15) is 4.79 Å². The summed E-state index contributed by atoms with van der Waals surface area (Å²) >= 11 is 0. The summed E-state index contributed by atoms with van der Waals surface area (Å²) in [5.74, 6) is 0.422. The van der Waals surface area contributed by atoms with Crippen LogP contribution in [0, 0.1) is 5.92 Å². The van der Waals surface area contributed by atoms with Gasteiger partial charge in [0.25, 0.3) is 0 Å². The highest BCUT2D eigenvalue weighted by atomic mass is 16.1. The van der Waals surface area contributed by atoms with Crippen LogP contribution in [0.3, 0.4) is 0 Å². The summed E-state index contributed by atoms with van der Waals surface area (Å²) in [5.41, 5.74) is 3.57. The third-order valence-corrected chi connectivity index (χ3v) is 6.28. The van der Waals surface area contributed by atoms with E-state index in [1.54, 1.807) is 0 Å². The molecule has 0 unspecified atom stereocenters. The minimum atomic E-state index is 0.192. The fraction of sp³-hybridized carbons (Fsp3) is 0.417. The molecule has 0 saturated heterocycles. The number of aryl methyl sites for hydroxylation is 1. The summed E-state index contributed by atoms with van der Waals surface area (Å²) in [7, 11) is 0. The number of nitrogens with one attached hydrogen (secondary N) is 1. The van der Waals surface area contributed by atoms with Crippen LogP contribution in [0.15, 0.2) is 48.5 Å². The first kappa shape index (κ1) is 18.4. The number of carbonyl (C=O) groups excluding carboxylic acids is 1. The summed E-state index contributed by atoms with van der Waals surface area (Å²) in [6.45, 7) is 4.41. The molecule has 1 fully saturated rings. The van der Waals surface area contributed by atoms with Crippen molar-refractivity contribution in [3.05, 3.63) is 65.5 Å². The van der Waals surface area contributed by atoms with Crippen LogP contribution in [0.5, 0.6) is 0 Å². The molecule has 0 bridgehead atoms. The van der Waals surface area contributed by atoms with Gasteiger partial charge in [-0.05, 0) is 47.7 Å². The van der Waals surface area contributed by atoms with E-state index >= 15 is 0 Å². The molecule has 1 aromatic heterocycles. The Morgan fingerprint density at radius 3 is 2.72 bits per heavy atom. The van der Waals surface area contributed by atoms with Crippen molar-refractivity contribution in [2.24, 2.45) is 5.92 Å². The normalized spacial score (nSPS) is 17.5. The van der Waals surface area contributed by atoms with E-state index in [-0.39, 0.29) is 11.8 Å². The lowest BCUT2D eigenvalue weighted by Crippen LogP contribution is -2.34. The second-order valence-electron chi connectivity index (χ2n) is 8.44. The Kier molecular flexibility index (Phi) is 5.06. The summed E-state index contributed by atoms with van der Waals surface area (Å²) in [6.07, 6.45) is 4.35. The van der Waals surface area contributed by atoms with Gasteiger partial charge >= 0.3 is 0 Å². The number of fused-ring (bicyclic) bond motifs is 2. The van der Waals surface area contributed by atoms with E-state index < -0.39 is 0 Å². The average Bonchev–Trinajstić information content (AvgIpc) is 2.97. The van der Waals surface area contributed by atoms with Gasteiger partial charge in [0, 0.05) is 32.1 Å². The van der Waals surface area contributed by atoms with Gasteiger partial charge in [0.05, 0.1) is 17.9 Å². The van der Waals surface area contributed by atoms with Gasteiger partial charge in [0.2, 0.25) is 5.91 Å². The zero-order valence-corrected chi connectivity index (χ0v) is 16.8. The topological polar surface area (TPSA) is 50.2 Å². The van der Waals surface area contributed by atoms with Crippen LogP contribution >= 0.6 is 0 Å². The Morgan fingerprint density at radius 2 is 1.90 bits per heavy atom. The molecule has 0 radical (unpaired) electrons. The van der Waals surface area contributed by atoms with E-state index in [0.29, 0.717) is 6.54 Å². The van der Waals surface area contributed by atoms with Gasteiger partial charge in [-0.1, -0.05) is 42.8 Å². The molecule has 1 N–H and O–H groups in total. The van der Waals surface area contributed by atoms with Gasteiger partial charge in [-0.3, -0.25) is 14.4 Å². The van der Waals surface area contributed by atoms with Crippen LogP contribution in [-0.2, 0) is 31.0 Å². The van der Waals surface area contributed by atoms with Gasteiger partial charge in [0.15, 0.2) is 0 Å². The first-order valence-corrected chi connectivity index (χ1v) is 10.8. The highest BCUT2D eigenvalue weighted by molar-refractivity contribution is 5.83. The van der Waals surface area contributed by atoms with Gasteiger partial charge < -0.3 is 5.32 Å². The highest BCUT2D eigenvalue weighted by Gasteiger charge is 2.25. The van der Waals surface area contributed by atoms with Crippen LogP contribution < -0.4 is 5.32 Å². The molecule has 1 amide bonds. The average molecular weight is 389 g/mol. The summed E-state index contributed by atoms with van der Waals surface area (Å²) < 4.78 is 2.13. The molecule has 0 atom stereocenters. The van der Waals surface area contributed by atoms with Gasteiger partial charge in [-0.2, -0.15) is 5.10 Å². The first-order chi connectivity index (χ1) is 14.2. The zero-order chi connectivity index (χ0) is 19.6. The van der Waals surface area contributed by atoms with E-state index in [0.717, 1.165) is 51.1 Å². The van der Waals surface area contributed by atoms with Crippen molar-refractivity contribution in [1.29, 1.82) is 0 Å². The Balaban J connectivity index is 1.24. The minimum absolute atomic E-state index is 0.192. The van der Waals surface area contributed by atoms with Crippen LogP contribution in [0.2, 0.25) is 0 Å². The second kappa shape index (κ2) is 7.99. The van der Waals surface area contributed by atoms with Crippen molar-refractivity contribution >= 4 is 16.7 Å². The monoisotopic (exact) mass is 388 g/mol. The van der Waals surface area contributed by atoms with Crippen LogP contribution in [0.1, 0.15) is 42.6 Å². The maximum absolute atomic E-state index is 12.1. The molecule has 1 aliphatic heterocycles. The van der Waals surface area contributed by atoms with Crippen molar-refractivity contribution in [1.82, 2.24) is 20.0 Å². The maximum Gasteiger partial charge on any atom is 0.223 e. The van der Waals surface area contributed by atoms with Crippen molar-refractivity contribution in [2.45, 2.75) is 51.9 Å². The molecule has 2 aromatic carbocycles. The standard InChI is InChI=1S/C24H28N4O/c29-24(20-7-3-8-20)25-15-22-14-23-17-27(11-4-12-28(23)26-22)16-18-9-10-19-5-1-2-6-21(19)13-18/h1-2,5-6,9-10,13-14,20H,3-4,7-8,11-12,15-17H2,(H,25,29). The summed E-state index contributed by atoms with van der Waals surface area (Å²) in [6, 6.07) is 17.5.